The summed E-state index contributed by atoms with van der Waals surface area (Å²) >= 11 is 3.41. The number of benzene rings is 1. The number of halogens is 1. The molecule has 1 unspecified atom stereocenters. The second kappa shape index (κ2) is 7.48. The number of ether oxygens (including phenoxy) is 1. The quantitative estimate of drug-likeness (QED) is 0.636. The Morgan fingerprint density at radius 2 is 2.07 bits per heavy atom. The van der Waals surface area contributed by atoms with Crippen molar-refractivity contribution in [3.63, 3.8) is 0 Å². The van der Waals surface area contributed by atoms with E-state index in [4.69, 9.17) is 4.74 Å². The number of fused-ring (bicyclic) bond motifs is 1. The first-order chi connectivity index (χ1) is 13.1. The Morgan fingerprint density at radius 1 is 1.22 bits per heavy atom. The van der Waals surface area contributed by atoms with Crippen LogP contribution in [0.5, 0.6) is 5.88 Å². The van der Waals surface area contributed by atoms with Gasteiger partial charge in [-0.25, -0.2) is 9.97 Å². The fourth-order valence-electron chi connectivity index (χ4n) is 3.13. The number of likely N-dealkylation sites (tertiary alicyclic amines) is 1. The fraction of sp³-hybridized carbons (Fsp3) is 0.263. The third-order valence-corrected chi connectivity index (χ3v) is 5.14. The number of nitrogens with zero attached hydrogens (tertiary/aromatic N) is 4. The normalized spacial score (nSPS) is 16.6. The zero-order chi connectivity index (χ0) is 18.8. The topological polar surface area (TPSA) is 77.3 Å². The van der Waals surface area contributed by atoms with Gasteiger partial charge >= 0.3 is 0 Å². The third kappa shape index (κ3) is 3.71. The molecule has 3 aromatic rings. The first-order valence-electron chi connectivity index (χ1n) is 8.61. The lowest BCUT2D eigenvalue weighted by Crippen LogP contribution is -2.36. The van der Waals surface area contributed by atoms with Crippen LogP contribution in [0.3, 0.4) is 0 Å². The van der Waals surface area contributed by atoms with Crippen molar-refractivity contribution in [1.82, 2.24) is 19.4 Å². The van der Waals surface area contributed by atoms with E-state index in [9.17, 15) is 9.59 Å². The lowest BCUT2D eigenvalue weighted by molar-refractivity contribution is -0.131. The average molecular weight is 429 g/mol. The minimum Gasteiger partial charge on any atom is -0.472 e. The van der Waals surface area contributed by atoms with Crippen LogP contribution < -0.4 is 10.3 Å². The highest BCUT2D eigenvalue weighted by molar-refractivity contribution is 9.10. The van der Waals surface area contributed by atoms with Gasteiger partial charge in [-0.3, -0.25) is 14.2 Å². The van der Waals surface area contributed by atoms with E-state index in [2.05, 4.69) is 25.9 Å². The molecule has 1 aliphatic rings. The van der Waals surface area contributed by atoms with Gasteiger partial charge in [-0.15, -0.1) is 0 Å². The largest absolute Gasteiger partial charge is 0.472 e. The molecular weight excluding hydrogens is 412 g/mol. The number of pyridine rings is 1. The predicted octanol–water partition coefficient (Wildman–Crippen LogP) is 2.23. The van der Waals surface area contributed by atoms with E-state index in [0.29, 0.717) is 29.9 Å². The van der Waals surface area contributed by atoms with E-state index in [1.165, 1.54) is 10.9 Å². The Hall–Kier alpha value is -2.74. The average Bonchev–Trinajstić information content (AvgIpc) is 3.15. The van der Waals surface area contributed by atoms with Crippen LogP contribution in [0.15, 0.2) is 58.2 Å². The van der Waals surface area contributed by atoms with Crippen molar-refractivity contribution in [2.45, 2.75) is 19.1 Å². The van der Waals surface area contributed by atoms with E-state index in [-0.39, 0.29) is 24.1 Å². The predicted molar refractivity (Wildman–Crippen MR) is 104 cm³/mol. The first kappa shape index (κ1) is 17.7. The molecule has 4 rings (SSSR count). The van der Waals surface area contributed by atoms with E-state index >= 15 is 0 Å². The standard InChI is InChI=1S/C19H17BrN4O3/c20-15-5-3-8-21-18(15)27-13-7-9-23(10-13)17(25)11-24-12-22-16-6-2-1-4-14(16)19(24)26/h1-6,8,12-13H,7,9-11H2. The Balaban J connectivity index is 1.43. The number of hydrogen-bond acceptors (Lipinski definition) is 5. The number of rotatable bonds is 4. The van der Waals surface area contributed by atoms with Crippen LogP contribution in [0, 0.1) is 0 Å². The number of carbonyl (C=O) groups excluding carboxylic acids is 1. The van der Waals surface area contributed by atoms with Crippen molar-refractivity contribution in [3.8, 4) is 5.88 Å². The van der Waals surface area contributed by atoms with Crippen LogP contribution in [-0.4, -0.2) is 44.5 Å². The van der Waals surface area contributed by atoms with E-state index in [1.54, 1.807) is 29.3 Å². The summed E-state index contributed by atoms with van der Waals surface area (Å²) in [5, 5.41) is 0.510. The van der Waals surface area contributed by atoms with Gasteiger partial charge in [0.05, 0.1) is 28.2 Å². The Labute approximate surface area is 163 Å². The van der Waals surface area contributed by atoms with Crippen LogP contribution in [0.2, 0.25) is 0 Å². The molecule has 0 aliphatic carbocycles. The van der Waals surface area contributed by atoms with Crippen molar-refractivity contribution in [2.75, 3.05) is 13.1 Å². The van der Waals surface area contributed by atoms with E-state index in [1.807, 2.05) is 18.2 Å². The molecule has 0 bridgehead atoms. The maximum atomic E-state index is 12.6. The van der Waals surface area contributed by atoms with Gasteiger partial charge in [-0.2, -0.15) is 0 Å². The van der Waals surface area contributed by atoms with Crippen molar-refractivity contribution in [2.24, 2.45) is 0 Å². The number of amides is 1. The lowest BCUT2D eigenvalue weighted by Gasteiger charge is -2.18. The molecule has 1 amide bonds. The highest BCUT2D eigenvalue weighted by Gasteiger charge is 2.28. The number of aromatic nitrogens is 3. The molecule has 27 heavy (non-hydrogen) atoms. The van der Waals surface area contributed by atoms with Gasteiger partial charge in [-0.05, 0) is 40.2 Å². The maximum absolute atomic E-state index is 12.6. The second-order valence-electron chi connectivity index (χ2n) is 6.35. The summed E-state index contributed by atoms with van der Waals surface area (Å²) in [7, 11) is 0. The van der Waals surface area contributed by atoms with Gasteiger partial charge in [-0.1, -0.05) is 12.1 Å². The van der Waals surface area contributed by atoms with Crippen LogP contribution >= 0.6 is 15.9 Å². The number of para-hydroxylation sites is 1. The Bertz CT molecular complexity index is 1050. The molecule has 1 atom stereocenters. The third-order valence-electron chi connectivity index (χ3n) is 4.54. The Morgan fingerprint density at radius 3 is 2.93 bits per heavy atom. The molecule has 1 aromatic carbocycles. The first-order valence-corrected chi connectivity index (χ1v) is 9.40. The molecule has 0 radical (unpaired) electrons. The molecular formula is C19H17BrN4O3. The van der Waals surface area contributed by atoms with Crippen LogP contribution in [0.4, 0.5) is 0 Å². The molecule has 3 heterocycles. The maximum Gasteiger partial charge on any atom is 0.261 e. The lowest BCUT2D eigenvalue weighted by atomic mass is 10.2. The van der Waals surface area contributed by atoms with Crippen molar-refractivity contribution in [1.29, 1.82) is 0 Å². The van der Waals surface area contributed by atoms with Crippen molar-refractivity contribution in [3.05, 3.63) is 63.7 Å². The number of carbonyl (C=O) groups is 1. The van der Waals surface area contributed by atoms with Gasteiger partial charge in [0, 0.05) is 19.2 Å². The van der Waals surface area contributed by atoms with E-state index in [0.717, 1.165) is 10.9 Å². The summed E-state index contributed by atoms with van der Waals surface area (Å²) in [6.07, 6.45) is 3.69. The highest BCUT2D eigenvalue weighted by Crippen LogP contribution is 2.24. The summed E-state index contributed by atoms with van der Waals surface area (Å²) < 4.78 is 8.02. The molecule has 1 aliphatic heterocycles. The molecule has 0 spiro atoms. The summed E-state index contributed by atoms with van der Waals surface area (Å²) in [5.41, 5.74) is 0.417. The van der Waals surface area contributed by atoms with Gasteiger partial charge in [0.25, 0.3) is 5.56 Å². The van der Waals surface area contributed by atoms with Crippen LogP contribution in [0.25, 0.3) is 10.9 Å². The molecule has 2 aromatic heterocycles. The van der Waals surface area contributed by atoms with Crippen molar-refractivity contribution < 1.29 is 9.53 Å². The fourth-order valence-corrected chi connectivity index (χ4v) is 3.48. The van der Waals surface area contributed by atoms with Gasteiger partial charge in [0.15, 0.2) is 0 Å². The van der Waals surface area contributed by atoms with Crippen LogP contribution in [0.1, 0.15) is 6.42 Å². The Kier molecular flexibility index (Phi) is 4.89. The molecule has 0 N–H and O–H groups in total. The summed E-state index contributed by atoms with van der Waals surface area (Å²) in [6, 6.07) is 10.8. The SMILES string of the molecule is O=C(Cn1cnc2ccccc2c1=O)N1CCC(Oc2ncccc2Br)C1. The smallest absolute Gasteiger partial charge is 0.261 e. The molecule has 1 fully saturated rings. The van der Waals surface area contributed by atoms with Gasteiger partial charge < -0.3 is 9.64 Å². The highest BCUT2D eigenvalue weighted by atomic mass is 79.9. The summed E-state index contributed by atoms with van der Waals surface area (Å²) in [4.78, 5) is 35.3. The molecule has 1 saturated heterocycles. The number of hydrogen-bond donors (Lipinski definition) is 0. The molecule has 138 valence electrons. The molecule has 0 saturated carbocycles. The zero-order valence-corrected chi connectivity index (χ0v) is 16.0. The van der Waals surface area contributed by atoms with Crippen molar-refractivity contribution >= 4 is 32.7 Å². The monoisotopic (exact) mass is 428 g/mol. The second-order valence-corrected chi connectivity index (χ2v) is 7.21. The molecule has 7 nitrogen and oxygen atoms in total. The van der Waals surface area contributed by atoms with E-state index < -0.39 is 0 Å². The summed E-state index contributed by atoms with van der Waals surface area (Å²) in [5.74, 6) is 0.395. The zero-order valence-electron chi connectivity index (χ0n) is 14.4. The van der Waals surface area contributed by atoms with Gasteiger partial charge in [0.1, 0.15) is 12.6 Å². The van der Waals surface area contributed by atoms with Crippen LogP contribution in [-0.2, 0) is 11.3 Å². The van der Waals surface area contributed by atoms with Gasteiger partial charge in [0.2, 0.25) is 11.8 Å². The minimum atomic E-state index is -0.210. The summed E-state index contributed by atoms with van der Waals surface area (Å²) in [6.45, 7) is 1.03. The molecule has 8 heteroatoms. The minimum absolute atomic E-state index is 0.0311.